The molecule has 2 aliphatic heterocycles. The summed E-state index contributed by atoms with van der Waals surface area (Å²) in [5, 5.41) is 17.1. The summed E-state index contributed by atoms with van der Waals surface area (Å²) in [5.41, 5.74) is 4.60. The van der Waals surface area contributed by atoms with Gasteiger partial charge < -0.3 is 19.7 Å². The van der Waals surface area contributed by atoms with Crippen molar-refractivity contribution in [1.29, 1.82) is 5.26 Å². The topological polar surface area (TPSA) is 116 Å². The molecule has 0 bridgehead atoms. The lowest BCUT2D eigenvalue weighted by atomic mass is 10.0. The average molecular weight is 524 g/mol. The van der Waals surface area contributed by atoms with E-state index in [1.165, 1.54) is 0 Å². The lowest BCUT2D eigenvalue weighted by molar-refractivity contribution is -0.134. The van der Waals surface area contributed by atoms with E-state index in [-0.39, 0.29) is 18.4 Å². The second-order valence-electron chi connectivity index (χ2n) is 8.95. The van der Waals surface area contributed by atoms with Gasteiger partial charge >= 0.3 is 0 Å². The van der Waals surface area contributed by atoms with Crippen LogP contribution in [0.4, 0.5) is 0 Å². The number of piperidine rings is 1. The van der Waals surface area contributed by atoms with Crippen molar-refractivity contribution in [2.24, 2.45) is 5.10 Å². The van der Waals surface area contributed by atoms with Crippen LogP contribution in [-0.4, -0.2) is 61.3 Å². The molecule has 0 aromatic heterocycles. The van der Waals surface area contributed by atoms with Crippen LogP contribution in [0.1, 0.15) is 43.2 Å². The summed E-state index contributed by atoms with van der Waals surface area (Å²) in [7, 11) is 0. The molecule has 10 heteroatoms. The second kappa shape index (κ2) is 13.1. The van der Waals surface area contributed by atoms with E-state index in [1.54, 1.807) is 24.3 Å². The molecular formula is C27H30ClN5O4. The Morgan fingerprint density at radius 3 is 2.70 bits per heavy atom. The molecule has 194 valence electrons. The number of benzene rings is 2. The van der Waals surface area contributed by atoms with E-state index in [9.17, 15) is 9.59 Å². The predicted molar refractivity (Wildman–Crippen MR) is 140 cm³/mol. The maximum atomic E-state index is 12.7. The molecule has 0 saturated carbocycles. The summed E-state index contributed by atoms with van der Waals surface area (Å²) in [6.45, 7) is 2.61. The average Bonchev–Trinajstić information content (AvgIpc) is 2.93. The number of nitrogens with zero attached hydrogens (tertiary/aromatic N) is 3. The maximum Gasteiger partial charge on any atom is 0.260 e. The first kappa shape index (κ1) is 26.5. The third-order valence-electron chi connectivity index (χ3n) is 6.39. The molecule has 1 fully saturated rings. The zero-order valence-corrected chi connectivity index (χ0v) is 21.3. The first-order valence-electron chi connectivity index (χ1n) is 12.4. The van der Waals surface area contributed by atoms with Crippen LogP contribution in [0.3, 0.4) is 0 Å². The largest absolute Gasteiger partial charge is 0.492 e. The zero-order valence-electron chi connectivity index (χ0n) is 20.5. The summed E-state index contributed by atoms with van der Waals surface area (Å²) in [6, 6.07) is 15.0. The van der Waals surface area contributed by atoms with Crippen LogP contribution in [0.15, 0.2) is 47.6 Å². The van der Waals surface area contributed by atoms with Crippen molar-refractivity contribution in [3.05, 3.63) is 58.6 Å². The third-order valence-corrected chi connectivity index (χ3v) is 6.68. The quantitative estimate of drug-likeness (QED) is 0.462. The minimum atomic E-state index is -0.0996. The molecule has 2 N–H and O–H groups in total. The number of carbonyl (C=O) groups is 2. The molecule has 2 aromatic carbocycles. The Morgan fingerprint density at radius 2 is 1.97 bits per heavy atom. The zero-order chi connectivity index (χ0) is 26.0. The summed E-state index contributed by atoms with van der Waals surface area (Å²) < 4.78 is 11.4. The van der Waals surface area contributed by atoms with Crippen LogP contribution < -0.4 is 20.2 Å². The lowest BCUT2D eigenvalue weighted by Crippen LogP contribution is -2.46. The summed E-state index contributed by atoms with van der Waals surface area (Å²) in [4.78, 5) is 25.8. The van der Waals surface area contributed by atoms with Crippen molar-refractivity contribution in [3.8, 4) is 17.6 Å². The second-order valence-corrected chi connectivity index (χ2v) is 9.35. The van der Waals surface area contributed by atoms with Gasteiger partial charge in [0.2, 0.25) is 5.91 Å². The predicted octanol–water partition coefficient (Wildman–Crippen LogP) is 3.25. The number of rotatable bonds is 10. The van der Waals surface area contributed by atoms with Crippen LogP contribution in [0.25, 0.3) is 0 Å². The van der Waals surface area contributed by atoms with Crippen LogP contribution in [0.2, 0.25) is 5.02 Å². The van der Waals surface area contributed by atoms with E-state index in [0.717, 1.165) is 37.1 Å². The molecule has 2 aliphatic rings. The van der Waals surface area contributed by atoms with Gasteiger partial charge in [0.1, 0.15) is 17.6 Å². The van der Waals surface area contributed by atoms with Crippen molar-refractivity contribution < 1.29 is 19.1 Å². The highest BCUT2D eigenvalue weighted by atomic mass is 35.5. The molecule has 1 saturated heterocycles. The first-order chi connectivity index (χ1) is 18.0. The maximum absolute atomic E-state index is 12.7. The van der Waals surface area contributed by atoms with Crippen LogP contribution >= 0.6 is 11.6 Å². The van der Waals surface area contributed by atoms with Gasteiger partial charge in [-0.1, -0.05) is 23.7 Å². The van der Waals surface area contributed by atoms with Gasteiger partial charge in [-0.2, -0.15) is 10.4 Å². The van der Waals surface area contributed by atoms with Crippen molar-refractivity contribution >= 4 is 29.1 Å². The molecule has 0 spiro atoms. The van der Waals surface area contributed by atoms with Gasteiger partial charge in [-0.25, -0.2) is 5.43 Å². The van der Waals surface area contributed by atoms with Crippen LogP contribution in [-0.2, 0) is 9.59 Å². The standard InChI is InChI=1S/C27H30ClN5O4/c28-22-16-19(23-7-9-26(34)32-31-23)6-8-25(22)37-18-27(35)33-13-10-21(11-14-33)30-12-3-15-36-24-5-2-1-4-20(24)17-29/h1-2,4-6,8,16,21,30H,3,7,9-15,18H2,(H,32,34). The normalized spacial score (nSPS) is 15.9. The Balaban J connectivity index is 1.13. The number of amides is 2. The fourth-order valence-corrected chi connectivity index (χ4v) is 4.52. The smallest absolute Gasteiger partial charge is 0.260 e. The molecule has 0 atom stereocenters. The number of nitrogens with one attached hydrogen (secondary N) is 2. The van der Waals surface area contributed by atoms with Crippen molar-refractivity contribution in [2.45, 2.75) is 38.1 Å². The Labute approximate surface area is 221 Å². The van der Waals surface area contributed by atoms with Gasteiger partial charge in [0.05, 0.1) is 22.9 Å². The van der Waals surface area contributed by atoms with E-state index in [4.69, 9.17) is 26.3 Å². The molecule has 4 rings (SSSR count). The fourth-order valence-electron chi connectivity index (χ4n) is 4.29. The van der Waals surface area contributed by atoms with Crippen molar-refractivity contribution in [2.75, 3.05) is 32.8 Å². The highest BCUT2D eigenvalue weighted by Gasteiger charge is 2.23. The molecule has 0 radical (unpaired) electrons. The summed E-state index contributed by atoms with van der Waals surface area (Å²) in [6.07, 6.45) is 3.52. The van der Waals surface area contributed by atoms with Gasteiger partial charge in [0, 0.05) is 32.0 Å². The molecular weight excluding hydrogens is 494 g/mol. The fraction of sp³-hybridized carbons (Fsp3) is 0.407. The number of hydrogen-bond donors (Lipinski definition) is 2. The van der Waals surface area contributed by atoms with Crippen LogP contribution in [0.5, 0.6) is 11.5 Å². The van der Waals surface area contributed by atoms with E-state index in [1.807, 2.05) is 23.1 Å². The molecule has 2 amide bonds. The molecule has 0 unspecified atom stereocenters. The van der Waals surface area contributed by atoms with Crippen molar-refractivity contribution in [1.82, 2.24) is 15.6 Å². The first-order valence-corrected chi connectivity index (χ1v) is 12.8. The monoisotopic (exact) mass is 523 g/mol. The number of hydrazone groups is 1. The van der Waals surface area contributed by atoms with Gasteiger partial charge in [-0.05, 0) is 61.7 Å². The SMILES string of the molecule is N#Cc1ccccc1OCCCNC1CCN(C(=O)COc2ccc(C3=NNC(=O)CC3)cc2Cl)CC1. The number of nitriles is 1. The van der Waals surface area contributed by atoms with Gasteiger partial charge in [0.25, 0.3) is 5.91 Å². The van der Waals surface area contributed by atoms with E-state index < -0.39 is 0 Å². The van der Waals surface area contributed by atoms with E-state index >= 15 is 0 Å². The van der Waals surface area contributed by atoms with E-state index in [2.05, 4.69) is 21.9 Å². The number of carbonyl (C=O) groups excluding carboxylic acids is 2. The number of likely N-dealkylation sites (tertiary alicyclic amines) is 1. The highest BCUT2D eigenvalue weighted by Crippen LogP contribution is 2.27. The molecule has 37 heavy (non-hydrogen) atoms. The van der Waals surface area contributed by atoms with Crippen molar-refractivity contribution in [3.63, 3.8) is 0 Å². The number of para-hydroxylation sites is 1. The Kier molecular flexibility index (Phi) is 9.35. The number of hydrogen-bond acceptors (Lipinski definition) is 7. The molecule has 0 aliphatic carbocycles. The third kappa shape index (κ3) is 7.44. The minimum Gasteiger partial charge on any atom is -0.492 e. The Hall–Kier alpha value is -3.61. The molecule has 9 nitrogen and oxygen atoms in total. The lowest BCUT2D eigenvalue weighted by Gasteiger charge is -2.32. The Morgan fingerprint density at radius 1 is 1.16 bits per heavy atom. The van der Waals surface area contributed by atoms with Crippen LogP contribution in [0, 0.1) is 11.3 Å². The molecule has 2 aromatic rings. The van der Waals surface area contributed by atoms with Gasteiger partial charge in [-0.3, -0.25) is 9.59 Å². The number of halogens is 1. The minimum absolute atomic E-state index is 0.0671. The highest BCUT2D eigenvalue weighted by molar-refractivity contribution is 6.32. The number of ether oxygens (including phenoxy) is 2. The van der Waals surface area contributed by atoms with Gasteiger partial charge in [0.15, 0.2) is 6.61 Å². The molecule has 2 heterocycles. The van der Waals surface area contributed by atoms with Gasteiger partial charge in [-0.15, -0.1) is 0 Å². The Bertz CT molecular complexity index is 1190. The van der Waals surface area contributed by atoms with E-state index in [0.29, 0.717) is 60.7 Å². The summed E-state index contributed by atoms with van der Waals surface area (Å²) >= 11 is 6.36. The summed E-state index contributed by atoms with van der Waals surface area (Å²) in [5.74, 6) is 0.889.